The predicted molar refractivity (Wildman–Crippen MR) is 268 cm³/mol. The van der Waals surface area contributed by atoms with Gasteiger partial charge in [-0.05, 0) is 19.3 Å². The van der Waals surface area contributed by atoms with Gasteiger partial charge in [0.25, 0.3) is 0 Å². The van der Waals surface area contributed by atoms with Gasteiger partial charge < -0.3 is 65.1 Å². The quantitative estimate of drug-likeness (QED) is 0.0207. The molecule has 12 atom stereocenters. The minimum Gasteiger partial charge on any atom is -0.394 e. The maximum atomic E-state index is 13.0. The Morgan fingerprint density at radius 3 is 1.35 bits per heavy atom. The lowest BCUT2D eigenvalue weighted by molar-refractivity contribution is -0.359. The van der Waals surface area contributed by atoms with E-state index in [0.29, 0.717) is 6.42 Å². The molecule has 2 rings (SSSR count). The molecule has 14 nitrogen and oxygen atoms in total. The monoisotopic (exact) mass is 974 g/mol. The summed E-state index contributed by atoms with van der Waals surface area (Å²) >= 11 is 0. The lowest BCUT2D eigenvalue weighted by Gasteiger charge is -2.46. The molecule has 0 aromatic rings. The fourth-order valence-corrected chi connectivity index (χ4v) is 9.41. The van der Waals surface area contributed by atoms with Gasteiger partial charge in [-0.15, -0.1) is 0 Å². The molecule has 2 heterocycles. The Kier molecular flexibility index (Phi) is 38.1. The van der Waals surface area contributed by atoms with E-state index in [4.69, 9.17) is 18.9 Å². The van der Waals surface area contributed by atoms with Gasteiger partial charge in [-0.3, -0.25) is 4.79 Å². The number of amides is 1. The van der Waals surface area contributed by atoms with Crippen molar-refractivity contribution in [3.63, 3.8) is 0 Å². The van der Waals surface area contributed by atoms with Crippen molar-refractivity contribution >= 4 is 5.91 Å². The molecule has 0 aromatic carbocycles. The number of allylic oxidation sites excluding steroid dienone is 1. The molecular formula is C54H103NO13. The van der Waals surface area contributed by atoms with Crippen LogP contribution in [0.5, 0.6) is 0 Å². The molecule has 14 heteroatoms. The number of carbonyl (C=O) groups excluding carboxylic acids is 1. The number of rotatable bonds is 44. The van der Waals surface area contributed by atoms with E-state index in [0.717, 1.165) is 44.9 Å². The number of nitrogens with one attached hydrogen (secondary N) is 1. The van der Waals surface area contributed by atoms with Crippen LogP contribution in [0.15, 0.2) is 12.2 Å². The zero-order chi connectivity index (χ0) is 49.6. The van der Waals surface area contributed by atoms with Gasteiger partial charge in [0.2, 0.25) is 5.91 Å². The largest absolute Gasteiger partial charge is 0.394 e. The molecular weight excluding hydrogens is 871 g/mol. The van der Waals surface area contributed by atoms with E-state index in [-0.39, 0.29) is 18.9 Å². The van der Waals surface area contributed by atoms with Gasteiger partial charge in [-0.2, -0.15) is 0 Å². The first-order valence-electron chi connectivity index (χ1n) is 27.9. The van der Waals surface area contributed by atoms with Crippen molar-refractivity contribution in [2.45, 2.75) is 306 Å². The number of hydrogen-bond donors (Lipinski definition) is 9. The van der Waals surface area contributed by atoms with Gasteiger partial charge >= 0.3 is 0 Å². The van der Waals surface area contributed by atoms with Crippen molar-refractivity contribution in [1.82, 2.24) is 5.32 Å². The average molecular weight is 974 g/mol. The fourth-order valence-electron chi connectivity index (χ4n) is 9.41. The SMILES string of the molecule is CCCCCCCCCCCCCCCCCCCCCCCCCCCCC/C=C/C(O)C(COC1OC(CO)C(OC2OC(CO)C(O)C(O)C2O)C(O)C1O)NC(=O)CCCCCCC. The Morgan fingerprint density at radius 1 is 0.515 bits per heavy atom. The third-order valence-corrected chi connectivity index (χ3v) is 14.0. The molecule has 2 fully saturated rings. The molecule has 1 amide bonds. The number of ether oxygens (including phenoxy) is 4. The third kappa shape index (κ3) is 27.5. The molecule has 68 heavy (non-hydrogen) atoms. The van der Waals surface area contributed by atoms with E-state index in [1.54, 1.807) is 6.08 Å². The summed E-state index contributed by atoms with van der Waals surface area (Å²) in [5.74, 6) is -0.250. The first kappa shape index (κ1) is 62.8. The molecule has 12 unspecified atom stereocenters. The van der Waals surface area contributed by atoms with Crippen LogP contribution in [-0.2, 0) is 23.7 Å². The number of carbonyl (C=O) groups is 1. The smallest absolute Gasteiger partial charge is 0.220 e. The van der Waals surface area contributed by atoms with Gasteiger partial charge in [0.15, 0.2) is 12.6 Å². The van der Waals surface area contributed by atoms with Gasteiger partial charge in [-0.25, -0.2) is 0 Å². The molecule has 9 N–H and O–H groups in total. The standard InChI is InChI=1S/C54H103NO13/c1-3-5-7-9-10-11-12-13-14-15-16-17-18-19-20-21-22-23-24-25-26-27-28-29-30-31-32-34-35-37-43(58)42(55-46(59)38-36-33-8-6-4-2)41-65-53-51(64)49(62)52(45(40-57)67-53)68-54-50(63)48(61)47(60)44(39-56)66-54/h35,37,42-45,47-54,56-58,60-64H,3-34,36,38-41H2,1-2H3,(H,55,59)/b37-35+. The Labute approximate surface area is 412 Å². The van der Waals surface area contributed by atoms with Gasteiger partial charge in [0, 0.05) is 6.42 Å². The van der Waals surface area contributed by atoms with E-state index in [2.05, 4.69) is 19.2 Å². The van der Waals surface area contributed by atoms with Crippen LogP contribution in [0.3, 0.4) is 0 Å². The van der Waals surface area contributed by atoms with E-state index in [1.807, 2.05) is 6.08 Å². The Hall–Kier alpha value is -1.27. The molecule has 0 spiro atoms. The van der Waals surface area contributed by atoms with Crippen LogP contribution in [0.1, 0.15) is 232 Å². The normalized spacial score (nSPS) is 26.4. The van der Waals surface area contributed by atoms with Crippen LogP contribution in [0.2, 0.25) is 0 Å². The molecule has 0 saturated carbocycles. The lowest BCUT2D eigenvalue weighted by atomic mass is 9.97. The first-order chi connectivity index (χ1) is 33.1. The van der Waals surface area contributed by atoms with Crippen LogP contribution >= 0.6 is 0 Å². The highest BCUT2D eigenvalue weighted by Crippen LogP contribution is 2.30. The minimum atomic E-state index is -1.78. The van der Waals surface area contributed by atoms with Gasteiger partial charge in [0.05, 0.1) is 32.0 Å². The van der Waals surface area contributed by atoms with Crippen LogP contribution in [0, 0.1) is 0 Å². The fraction of sp³-hybridized carbons (Fsp3) is 0.944. The van der Waals surface area contributed by atoms with Crippen molar-refractivity contribution in [2.24, 2.45) is 0 Å². The zero-order valence-corrected chi connectivity index (χ0v) is 42.9. The number of hydrogen-bond acceptors (Lipinski definition) is 13. The summed E-state index contributed by atoms with van der Waals surface area (Å²) in [5, 5.41) is 86.4. The first-order valence-corrected chi connectivity index (χ1v) is 27.9. The van der Waals surface area contributed by atoms with Crippen molar-refractivity contribution in [2.75, 3.05) is 19.8 Å². The van der Waals surface area contributed by atoms with Crippen LogP contribution < -0.4 is 5.32 Å². The molecule has 2 saturated heterocycles. The molecule has 402 valence electrons. The van der Waals surface area contributed by atoms with E-state index < -0.39 is 86.8 Å². The van der Waals surface area contributed by atoms with Crippen molar-refractivity contribution in [1.29, 1.82) is 0 Å². The second kappa shape index (κ2) is 41.2. The second-order valence-electron chi connectivity index (χ2n) is 20.1. The third-order valence-electron chi connectivity index (χ3n) is 14.0. The second-order valence-corrected chi connectivity index (χ2v) is 20.1. The Bertz CT molecular complexity index is 1200. The minimum absolute atomic E-state index is 0.250. The molecule has 0 aromatic heterocycles. The van der Waals surface area contributed by atoms with Gasteiger partial charge in [0.1, 0.15) is 48.8 Å². The number of aliphatic hydroxyl groups excluding tert-OH is 8. The number of aliphatic hydroxyl groups is 8. The molecule has 0 bridgehead atoms. The highest BCUT2D eigenvalue weighted by molar-refractivity contribution is 5.76. The topological polar surface area (TPSA) is 228 Å². The van der Waals surface area contributed by atoms with Crippen LogP contribution in [0.25, 0.3) is 0 Å². The van der Waals surface area contributed by atoms with E-state index >= 15 is 0 Å². The summed E-state index contributed by atoms with van der Waals surface area (Å²) in [6.45, 7) is 2.70. The summed E-state index contributed by atoms with van der Waals surface area (Å²) in [5.41, 5.74) is 0. The van der Waals surface area contributed by atoms with Crippen LogP contribution in [0.4, 0.5) is 0 Å². The predicted octanol–water partition coefficient (Wildman–Crippen LogP) is 8.33. The van der Waals surface area contributed by atoms with E-state index in [9.17, 15) is 45.6 Å². The highest BCUT2D eigenvalue weighted by Gasteiger charge is 2.51. The van der Waals surface area contributed by atoms with Crippen LogP contribution in [-0.4, -0.2) is 140 Å². The Balaban J connectivity index is 1.62. The van der Waals surface area contributed by atoms with Crippen molar-refractivity contribution in [3.05, 3.63) is 12.2 Å². The molecule has 2 aliphatic heterocycles. The van der Waals surface area contributed by atoms with Crippen molar-refractivity contribution < 1.29 is 64.6 Å². The molecule has 2 aliphatic rings. The maximum absolute atomic E-state index is 13.0. The number of unbranched alkanes of at least 4 members (excludes halogenated alkanes) is 31. The summed E-state index contributed by atoms with van der Waals surface area (Å²) in [6, 6.07) is -0.906. The van der Waals surface area contributed by atoms with Crippen molar-refractivity contribution in [3.8, 4) is 0 Å². The highest BCUT2D eigenvalue weighted by atomic mass is 16.7. The summed E-state index contributed by atoms with van der Waals surface area (Å²) < 4.78 is 22.6. The van der Waals surface area contributed by atoms with E-state index in [1.165, 1.54) is 161 Å². The Morgan fingerprint density at radius 2 is 0.912 bits per heavy atom. The summed E-state index contributed by atoms with van der Waals surface area (Å²) in [6.07, 6.45) is 29.1. The summed E-state index contributed by atoms with van der Waals surface area (Å²) in [4.78, 5) is 13.0. The van der Waals surface area contributed by atoms with Gasteiger partial charge in [-0.1, -0.05) is 219 Å². The molecule has 0 radical (unpaired) electrons. The zero-order valence-electron chi connectivity index (χ0n) is 42.9. The molecule has 0 aliphatic carbocycles. The maximum Gasteiger partial charge on any atom is 0.220 e. The average Bonchev–Trinajstić information content (AvgIpc) is 3.34. The lowest BCUT2D eigenvalue weighted by Crippen LogP contribution is -2.65. The summed E-state index contributed by atoms with van der Waals surface area (Å²) in [7, 11) is 0.